The van der Waals surface area contributed by atoms with Crippen LogP contribution in [0.2, 0.25) is 0 Å². The van der Waals surface area contributed by atoms with E-state index in [4.69, 9.17) is 0 Å². The van der Waals surface area contributed by atoms with E-state index in [0.29, 0.717) is 0 Å². The highest BCUT2D eigenvalue weighted by Gasteiger charge is 2.18. The largest absolute Gasteiger partial charge is 0.272 e. The summed E-state index contributed by atoms with van der Waals surface area (Å²) in [5.41, 5.74) is 0.989. The van der Waals surface area contributed by atoms with Crippen molar-refractivity contribution in [1.29, 1.82) is 0 Å². The fourth-order valence-corrected chi connectivity index (χ4v) is 1.78. The number of hydrogen-bond donors (Lipinski definition) is 1. The maximum atomic E-state index is 13.2. The van der Waals surface area contributed by atoms with Gasteiger partial charge in [0.25, 0.3) is 0 Å². The molecule has 0 atom stereocenters. The second kappa shape index (κ2) is 5.18. The molecule has 0 saturated heterocycles. The number of hydrazone groups is 1. The maximum absolute atomic E-state index is 13.2. The lowest BCUT2D eigenvalue weighted by atomic mass is 10.2. The lowest BCUT2D eigenvalue weighted by Crippen LogP contribution is -2.02. The molecular formula is C11H6F4N2S. The molecule has 1 heterocycles. The van der Waals surface area contributed by atoms with Gasteiger partial charge in [0.15, 0.2) is 23.3 Å². The summed E-state index contributed by atoms with van der Waals surface area (Å²) < 4.78 is 52.1. The van der Waals surface area contributed by atoms with E-state index in [-0.39, 0.29) is 6.07 Å². The molecule has 0 amide bonds. The fraction of sp³-hybridized carbons (Fsp3) is 0. The molecule has 7 heteroatoms. The van der Waals surface area contributed by atoms with Crippen molar-refractivity contribution in [3.63, 3.8) is 0 Å². The lowest BCUT2D eigenvalue weighted by molar-refractivity contribution is 0.458. The van der Waals surface area contributed by atoms with Gasteiger partial charge >= 0.3 is 0 Å². The summed E-state index contributed by atoms with van der Waals surface area (Å²) >= 11 is 1.35. The first-order valence-electron chi connectivity index (χ1n) is 4.75. The summed E-state index contributed by atoms with van der Waals surface area (Å²) in [5, 5.41) is 5.29. The molecule has 2 rings (SSSR count). The molecule has 0 aliphatic rings. The minimum absolute atomic E-state index is 0.138. The zero-order valence-electron chi connectivity index (χ0n) is 8.75. The van der Waals surface area contributed by atoms with Crippen LogP contribution in [0.15, 0.2) is 28.7 Å². The minimum Gasteiger partial charge on any atom is -0.272 e. The smallest absolute Gasteiger partial charge is 0.186 e. The molecule has 0 spiro atoms. The third-order valence-electron chi connectivity index (χ3n) is 2.02. The van der Waals surface area contributed by atoms with Crippen LogP contribution >= 0.6 is 11.3 Å². The highest BCUT2D eigenvalue weighted by molar-refractivity contribution is 7.11. The third kappa shape index (κ3) is 2.51. The van der Waals surface area contributed by atoms with Crippen molar-refractivity contribution in [1.82, 2.24) is 0 Å². The summed E-state index contributed by atoms with van der Waals surface area (Å²) in [6.45, 7) is 0. The van der Waals surface area contributed by atoms with Crippen LogP contribution in [-0.4, -0.2) is 6.21 Å². The number of thiophene rings is 1. The minimum atomic E-state index is -1.52. The number of rotatable bonds is 3. The van der Waals surface area contributed by atoms with E-state index in [0.717, 1.165) is 4.88 Å². The van der Waals surface area contributed by atoms with E-state index in [1.54, 1.807) is 17.5 Å². The molecule has 2 nitrogen and oxygen atoms in total. The van der Waals surface area contributed by atoms with E-state index >= 15 is 0 Å². The van der Waals surface area contributed by atoms with Crippen LogP contribution in [0.3, 0.4) is 0 Å². The summed E-state index contributed by atoms with van der Waals surface area (Å²) in [4.78, 5) is 0.722. The Bertz CT molecular complexity index is 555. The Morgan fingerprint density at radius 1 is 1.11 bits per heavy atom. The monoisotopic (exact) mass is 274 g/mol. The highest BCUT2D eigenvalue weighted by atomic mass is 32.1. The number of anilines is 1. The highest BCUT2D eigenvalue weighted by Crippen LogP contribution is 2.24. The van der Waals surface area contributed by atoms with Crippen molar-refractivity contribution < 1.29 is 17.6 Å². The molecule has 1 N–H and O–H groups in total. The first kappa shape index (κ1) is 12.6. The van der Waals surface area contributed by atoms with Crippen molar-refractivity contribution in [3.05, 3.63) is 51.7 Å². The number of hydrogen-bond acceptors (Lipinski definition) is 3. The van der Waals surface area contributed by atoms with E-state index in [1.165, 1.54) is 17.6 Å². The molecule has 0 aliphatic carbocycles. The number of nitrogens with zero attached hydrogens (tertiary/aromatic N) is 1. The van der Waals surface area contributed by atoms with Gasteiger partial charge in [-0.3, -0.25) is 5.43 Å². The summed E-state index contributed by atoms with van der Waals surface area (Å²) in [7, 11) is 0. The normalized spacial score (nSPS) is 11.1. The zero-order valence-corrected chi connectivity index (χ0v) is 9.57. The lowest BCUT2D eigenvalue weighted by Gasteiger charge is -2.05. The standard InChI is InChI=1S/C11H6F4N2S/c12-7-4-8(13)10(15)11(9(7)14)17-16-5-6-2-1-3-18-6/h1-5,17H/b16-5-. The second-order valence-electron chi connectivity index (χ2n) is 3.23. The molecule has 94 valence electrons. The Kier molecular flexibility index (Phi) is 3.61. The van der Waals surface area contributed by atoms with E-state index in [1.807, 2.05) is 5.43 Å². The Morgan fingerprint density at radius 3 is 2.33 bits per heavy atom. The van der Waals surface area contributed by atoms with E-state index < -0.39 is 29.0 Å². The molecule has 18 heavy (non-hydrogen) atoms. The van der Waals surface area contributed by atoms with E-state index in [2.05, 4.69) is 5.10 Å². The Hall–Kier alpha value is -1.89. The molecule has 0 fully saturated rings. The van der Waals surface area contributed by atoms with Gasteiger partial charge in [0.2, 0.25) is 0 Å². The average Bonchev–Trinajstić information content (AvgIpc) is 2.84. The quantitative estimate of drug-likeness (QED) is 0.392. The van der Waals surface area contributed by atoms with Gasteiger partial charge in [-0.2, -0.15) is 5.10 Å². The van der Waals surface area contributed by atoms with Gasteiger partial charge in [0.1, 0.15) is 5.69 Å². The van der Waals surface area contributed by atoms with Gasteiger partial charge in [-0.15, -0.1) is 11.3 Å². The molecule has 0 bridgehead atoms. The SMILES string of the molecule is Fc1cc(F)c(F)c(N/N=C\c2cccs2)c1F. The Labute approximate surface area is 104 Å². The van der Waals surface area contributed by atoms with Crippen LogP contribution in [-0.2, 0) is 0 Å². The maximum Gasteiger partial charge on any atom is 0.186 e. The second-order valence-corrected chi connectivity index (χ2v) is 4.21. The first-order chi connectivity index (χ1) is 8.59. The van der Waals surface area contributed by atoms with Crippen molar-refractivity contribution >= 4 is 23.2 Å². The molecule has 2 aromatic rings. The number of benzene rings is 1. The molecule has 0 saturated carbocycles. The third-order valence-corrected chi connectivity index (χ3v) is 2.83. The van der Waals surface area contributed by atoms with Gasteiger partial charge in [-0.25, -0.2) is 17.6 Å². The van der Waals surface area contributed by atoms with Gasteiger partial charge in [-0.05, 0) is 11.4 Å². The van der Waals surface area contributed by atoms with E-state index in [9.17, 15) is 17.6 Å². The molecular weight excluding hydrogens is 268 g/mol. The van der Waals surface area contributed by atoms with Crippen LogP contribution in [0.4, 0.5) is 23.2 Å². The topological polar surface area (TPSA) is 24.4 Å². The summed E-state index contributed by atoms with van der Waals surface area (Å²) in [6.07, 6.45) is 1.28. The van der Waals surface area contributed by atoms with Crippen LogP contribution in [0.5, 0.6) is 0 Å². The van der Waals surface area contributed by atoms with Crippen LogP contribution in [0.25, 0.3) is 0 Å². The fourth-order valence-electron chi connectivity index (χ4n) is 1.20. The van der Waals surface area contributed by atoms with Gasteiger partial charge in [-0.1, -0.05) is 6.07 Å². The molecule has 1 aromatic carbocycles. The predicted octanol–water partition coefficient (Wildman–Crippen LogP) is 3.75. The van der Waals surface area contributed by atoms with Crippen LogP contribution in [0.1, 0.15) is 4.88 Å². The molecule has 0 radical (unpaired) electrons. The summed E-state index contributed by atoms with van der Waals surface area (Å²) in [6, 6.07) is 3.61. The van der Waals surface area contributed by atoms with Crippen LogP contribution in [0, 0.1) is 23.3 Å². The van der Waals surface area contributed by atoms with Crippen molar-refractivity contribution in [2.24, 2.45) is 5.10 Å². The average molecular weight is 274 g/mol. The number of halogens is 4. The molecule has 0 aliphatic heterocycles. The number of nitrogens with one attached hydrogen (secondary N) is 1. The Morgan fingerprint density at radius 2 is 1.78 bits per heavy atom. The first-order valence-corrected chi connectivity index (χ1v) is 5.63. The predicted molar refractivity (Wildman–Crippen MR) is 61.8 cm³/mol. The van der Waals surface area contributed by atoms with Gasteiger partial charge < -0.3 is 0 Å². The molecule has 0 unspecified atom stereocenters. The summed E-state index contributed by atoms with van der Waals surface area (Å²) in [5.74, 6) is -6.00. The van der Waals surface area contributed by atoms with Crippen molar-refractivity contribution in [2.75, 3.05) is 5.43 Å². The van der Waals surface area contributed by atoms with Crippen molar-refractivity contribution in [3.8, 4) is 0 Å². The van der Waals surface area contributed by atoms with Crippen molar-refractivity contribution in [2.45, 2.75) is 0 Å². The Balaban J connectivity index is 2.24. The van der Waals surface area contributed by atoms with Gasteiger partial charge in [0, 0.05) is 10.9 Å². The van der Waals surface area contributed by atoms with Crippen LogP contribution < -0.4 is 5.43 Å². The molecule has 1 aromatic heterocycles. The van der Waals surface area contributed by atoms with Gasteiger partial charge in [0.05, 0.1) is 6.21 Å². The zero-order chi connectivity index (χ0) is 13.1.